The van der Waals surface area contributed by atoms with Crippen LogP contribution >= 0.6 is 0 Å². The molecule has 0 saturated carbocycles. The molecule has 2 aliphatic heterocycles. The second-order valence-electron chi connectivity index (χ2n) is 6.67. The first kappa shape index (κ1) is 14.5. The molecule has 4 nitrogen and oxygen atoms in total. The Morgan fingerprint density at radius 3 is 2.81 bits per heavy atom. The molecular weight excluding hydrogens is 262 g/mol. The van der Waals surface area contributed by atoms with Crippen LogP contribution in [0.2, 0.25) is 0 Å². The summed E-state index contributed by atoms with van der Waals surface area (Å²) < 4.78 is 0. The molecule has 2 heterocycles. The lowest BCUT2D eigenvalue weighted by molar-refractivity contribution is -0.133. The van der Waals surface area contributed by atoms with Gasteiger partial charge in [0.05, 0.1) is 12.6 Å². The number of benzene rings is 1. The van der Waals surface area contributed by atoms with Crippen molar-refractivity contribution in [3.8, 4) is 0 Å². The van der Waals surface area contributed by atoms with E-state index in [4.69, 9.17) is 0 Å². The van der Waals surface area contributed by atoms with Crippen LogP contribution in [0.3, 0.4) is 0 Å². The molecule has 0 bridgehead atoms. The Balaban J connectivity index is 1.92. The van der Waals surface area contributed by atoms with Crippen LogP contribution in [0.5, 0.6) is 0 Å². The molecule has 2 saturated heterocycles. The van der Waals surface area contributed by atoms with E-state index in [0.717, 1.165) is 19.6 Å². The van der Waals surface area contributed by atoms with Gasteiger partial charge < -0.3 is 15.1 Å². The number of hydrogen-bond donors (Lipinski definition) is 1. The van der Waals surface area contributed by atoms with Crippen LogP contribution in [0.1, 0.15) is 17.2 Å². The fraction of sp³-hybridized carbons (Fsp3) is 0.588. The maximum absolute atomic E-state index is 12.6. The summed E-state index contributed by atoms with van der Waals surface area (Å²) >= 11 is 0. The second kappa shape index (κ2) is 5.78. The molecule has 1 amide bonds. The number of rotatable bonds is 3. The zero-order valence-electron chi connectivity index (χ0n) is 13.2. The van der Waals surface area contributed by atoms with Crippen molar-refractivity contribution in [3.63, 3.8) is 0 Å². The number of amides is 1. The van der Waals surface area contributed by atoms with Gasteiger partial charge in [0.1, 0.15) is 0 Å². The van der Waals surface area contributed by atoms with Gasteiger partial charge >= 0.3 is 0 Å². The number of nitrogens with one attached hydrogen (secondary N) is 1. The molecule has 21 heavy (non-hydrogen) atoms. The average molecular weight is 287 g/mol. The van der Waals surface area contributed by atoms with Crippen LogP contribution in [0.25, 0.3) is 0 Å². The van der Waals surface area contributed by atoms with Crippen LogP contribution in [0, 0.1) is 18.8 Å². The van der Waals surface area contributed by atoms with Gasteiger partial charge in [0.2, 0.25) is 5.91 Å². The molecule has 1 N–H and O–H groups in total. The predicted molar refractivity (Wildman–Crippen MR) is 84.0 cm³/mol. The van der Waals surface area contributed by atoms with Crippen LogP contribution in [0.4, 0.5) is 0 Å². The Bertz CT molecular complexity index is 529. The average Bonchev–Trinajstić information content (AvgIpc) is 2.99. The maximum atomic E-state index is 12.6. The predicted octanol–water partition coefficient (Wildman–Crippen LogP) is 1.28. The van der Waals surface area contributed by atoms with Crippen molar-refractivity contribution < 1.29 is 4.79 Å². The molecule has 0 aliphatic carbocycles. The molecule has 2 aliphatic rings. The van der Waals surface area contributed by atoms with E-state index in [0.29, 0.717) is 18.4 Å². The highest BCUT2D eigenvalue weighted by atomic mass is 16.2. The lowest BCUT2D eigenvalue weighted by atomic mass is 9.87. The fourth-order valence-electron chi connectivity index (χ4n) is 3.86. The minimum atomic E-state index is 0.235. The number of carbonyl (C=O) groups excluding carboxylic acids is 1. The van der Waals surface area contributed by atoms with Gasteiger partial charge in [-0.15, -0.1) is 0 Å². The molecule has 0 spiro atoms. The zero-order valence-corrected chi connectivity index (χ0v) is 13.2. The summed E-state index contributed by atoms with van der Waals surface area (Å²) in [4.78, 5) is 16.7. The molecule has 0 aromatic heterocycles. The van der Waals surface area contributed by atoms with Crippen molar-refractivity contribution in [1.29, 1.82) is 0 Å². The van der Waals surface area contributed by atoms with E-state index in [1.54, 1.807) is 0 Å². The zero-order chi connectivity index (χ0) is 15.0. The molecule has 3 rings (SSSR count). The Morgan fingerprint density at radius 1 is 1.33 bits per heavy atom. The fourth-order valence-corrected chi connectivity index (χ4v) is 3.86. The van der Waals surface area contributed by atoms with E-state index in [1.807, 2.05) is 19.0 Å². The Labute approximate surface area is 127 Å². The first-order valence-corrected chi connectivity index (χ1v) is 7.78. The van der Waals surface area contributed by atoms with Crippen molar-refractivity contribution >= 4 is 5.91 Å². The van der Waals surface area contributed by atoms with Gasteiger partial charge in [-0.3, -0.25) is 4.79 Å². The number of carbonyl (C=O) groups is 1. The maximum Gasteiger partial charge on any atom is 0.237 e. The van der Waals surface area contributed by atoms with Crippen molar-refractivity contribution in [1.82, 2.24) is 15.1 Å². The van der Waals surface area contributed by atoms with E-state index >= 15 is 0 Å². The topological polar surface area (TPSA) is 35.6 Å². The van der Waals surface area contributed by atoms with Gasteiger partial charge in [0.15, 0.2) is 0 Å². The summed E-state index contributed by atoms with van der Waals surface area (Å²) in [6.45, 7) is 5.60. The van der Waals surface area contributed by atoms with E-state index in [2.05, 4.69) is 41.4 Å². The third-order valence-electron chi connectivity index (χ3n) is 4.84. The minimum Gasteiger partial charge on any atom is -0.334 e. The van der Waals surface area contributed by atoms with Gasteiger partial charge in [-0.05, 0) is 38.1 Å². The normalized spacial score (nSPS) is 28.2. The SMILES string of the molecule is Cc1ccccc1[C@@H]1[C@H]2CNC[C@H]2CN1C(=O)CN(C)C. The Hall–Kier alpha value is -1.39. The van der Waals surface area contributed by atoms with Gasteiger partial charge in [-0.25, -0.2) is 0 Å². The molecule has 114 valence electrons. The smallest absolute Gasteiger partial charge is 0.237 e. The van der Waals surface area contributed by atoms with Gasteiger partial charge in [0.25, 0.3) is 0 Å². The number of fused-ring (bicyclic) bond motifs is 1. The number of aryl methyl sites for hydroxylation is 1. The van der Waals surface area contributed by atoms with E-state index in [-0.39, 0.29) is 11.9 Å². The summed E-state index contributed by atoms with van der Waals surface area (Å²) in [5, 5.41) is 3.50. The van der Waals surface area contributed by atoms with E-state index in [9.17, 15) is 4.79 Å². The van der Waals surface area contributed by atoms with Crippen LogP contribution in [-0.4, -0.2) is 56.0 Å². The van der Waals surface area contributed by atoms with Crippen molar-refractivity contribution in [2.45, 2.75) is 13.0 Å². The van der Waals surface area contributed by atoms with Crippen LogP contribution < -0.4 is 5.32 Å². The van der Waals surface area contributed by atoms with E-state index in [1.165, 1.54) is 11.1 Å². The molecular formula is C17H25N3O. The second-order valence-corrected chi connectivity index (χ2v) is 6.67. The highest BCUT2D eigenvalue weighted by Gasteiger charge is 2.46. The largest absolute Gasteiger partial charge is 0.334 e. The summed E-state index contributed by atoms with van der Waals surface area (Å²) in [5.41, 5.74) is 2.61. The first-order chi connectivity index (χ1) is 10.1. The number of likely N-dealkylation sites (tertiary alicyclic amines) is 1. The molecule has 0 radical (unpaired) electrons. The molecule has 3 atom stereocenters. The lowest BCUT2D eigenvalue weighted by Gasteiger charge is -2.30. The number of nitrogens with zero attached hydrogens (tertiary/aromatic N) is 2. The number of likely N-dealkylation sites (N-methyl/N-ethyl adjacent to an activating group) is 1. The first-order valence-electron chi connectivity index (χ1n) is 7.78. The number of hydrogen-bond acceptors (Lipinski definition) is 3. The molecule has 1 aromatic rings. The molecule has 0 unspecified atom stereocenters. The molecule has 4 heteroatoms. The standard InChI is InChI=1S/C17H25N3O/c1-12-6-4-5-7-14(12)17-15-9-18-8-13(15)10-20(17)16(21)11-19(2)3/h4-7,13,15,17-18H,8-11H2,1-3H3/t13-,15-,17+/m0/s1. The van der Waals surface area contributed by atoms with Gasteiger partial charge in [0, 0.05) is 25.6 Å². The van der Waals surface area contributed by atoms with E-state index < -0.39 is 0 Å². The molecule has 2 fully saturated rings. The lowest BCUT2D eigenvalue weighted by Crippen LogP contribution is -2.40. The summed E-state index contributed by atoms with van der Waals surface area (Å²) in [6, 6.07) is 8.74. The van der Waals surface area contributed by atoms with Gasteiger partial charge in [-0.1, -0.05) is 24.3 Å². The van der Waals surface area contributed by atoms with Crippen LogP contribution in [0.15, 0.2) is 24.3 Å². The third-order valence-corrected chi connectivity index (χ3v) is 4.84. The van der Waals surface area contributed by atoms with Crippen molar-refractivity contribution in [3.05, 3.63) is 35.4 Å². The minimum absolute atomic E-state index is 0.235. The van der Waals surface area contributed by atoms with Crippen molar-refractivity contribution in [2.75, 3.05) is 40.3 Å². The van der Waals surface area contributed by atoms with Crippen molar-refractivity contribution in [2.24, 2.45) is 11.8 Å². The third kappa shape index (κ3) is 2.70. The Kier molecular flexibility index (Phi) is 4.00. The Morgan fingerprint density at radius 2 is 2.10 bits per heavy atom. The highest BCUT2D eigenvalue weighted by molar-refractivity contribution is 5.79. The quantitative estimate of drug-likeness (QED) is 0.909. The van der Waals surface area contributed by atoms with Gasteiger partial charge in [-0.2, -0.15) is 0 Å². The molecule has 1 aromatic carbocycles. The highest BCUT2D eigenvalue weighted by Crippen LogP contribution is 2.43. The monoisotopic (exact) mass is 287 g/mol. The summed E-state index contributed by atoms with van der Waals surface area (Å²) in [5.74, 6) is 1.40. The summed E-state index contributed by atoms with van der Waals surface area (Å²) in [6.07, 6.45) is 0. The summed E-state index contributed by atoms with van der Waals surface area (Å²) in [7, 11) is 3.91. The van der Waals surface area contributed by atoms with Crippen LogP contribution in [-0.2, 0) is 4.79 Å².